The number of rotatable bonds is 4. The Labute approximate surface area is 177 Å². The van der Waals surface area contributed by atoms with E-state index < -0.39 is 11.9 Å². The normalized spacial score (nSPS) is 19.4. The number of likely N-dealkylation sites (N-methyl/N-ethyl adjacent to an activating group) is 1. The van der Waals surface area contributed by atoms with Crippen LogP contribution in [0, 0.1) is 0 Å². The minimum atomic E-state index is -0.800. The average molecular weight is 420 g/mol. The molecule has 2 heterocycles. The molecule has 1 aliphatic heterocycles. The van der Waals surface area contributed by atoms with Gasteiger partial charge in [0.2, 0.25) is 5.01 Å². The number of nitrogens with one attached hydrogen (secondary N) is 1. The Balaban J connectivity index is 1.33. The Morgan fingerprint density at radius 3 is 2.63 bits per heavy atom. The number of carbonyl (C=O) groups excluding carboxylic acids is 2. The summed E-state index contributed by atoms with van der Waals surface area (Å²) in [5.74, 6) is -0.0354. The molecule has 0 spiro atoms. The highest BCUT2D eigenvalue weighted by Crippen LogP contribution is 2.54. The number of hydrogen-bond donors (Lipinski definition) is 1. The van der Waals surface area contributed by atoms with E-state index in [0.29, 0.717) is 11.4 Å². The molecule has 0 unspecified atom stereocenters. The molecule has 8 heteroatoms. The van der Waals surface area contributed by atoms with Crippen molar-refractivity contribution in [1.82, 2.24) is 15.5 Å². The molecule has 1 fully saturated rings. The van der Waals surface area contributed by atoms with Gasteiger partial charge in [-0.25, -0.2) is 0 Å². The lowest BCUT2D eigenvalue weighted by molar-refractivity contribution is -0.120. The number of carbonyl (C=O) groups is 2. The largest absolute Gasteiger partial charge is 0.489 e. The first kappa shape index (κ1) is 18.7. The van der Waals surface area contributed by atoms with Gasteiger partial charge >= 0.3 is 0 Å². The summed E-state index contributed by atoms with van der Waals surface area (Å²) in [6.45, 7) is 0.0611. The maximum Gasteiger partial charge on any atom is 0.283 e. The Bertz CT molecular complexity index is 1110. The topological polar surface area (TPSA) is 84.4 Å². The number of ether oxygens (including phenoxy) is 1. The Kier molecular flexibility index (Phi) is 4.51. The van der Waals surface area contributed by atoms with Crippen molar-refractivity contribution in [3.8, 4) is 5.75 Å². The van der Waals surface area contributed by atoms with Gasteiger partial charge in [-0.05, 0) is 30.5 Å². The van der Waals surface area contributed by atoms with Gasteiger partial charge in [0.15, 0.2) is 0 Å². The quantitative estimate of drug-likeness (QED) is 0.702. The SMILES string of the molecule is CN1C(=O)[C@@H](NC(=O)c2nnc(C3(c4ccccc4)CC3)s2)COc2ccccc21. The molecular formula is C22H20N4O3S. The van der Waals surface area contributed by atoms with E-state index in [0.717, 1.165) is 17.8 Å². The summed E-state index contributed by atoms with van der Waals surface area (Å²) < 4.78 is 5.76. The number of anilines is 1. The molecule has 152 valence electrons. The molecular weight excluding hydrogens is 400 g/mol. The molecule has 0 saturated heterocycles. The van der Waals surface area contributed by atoms with Gasteiger partial charge in [0.25, 0.3) is 11.8 Å². The molecule has 0 bridgehead atoms. The first-order chi connectivity index (χ1) is 14.6. The van der Waals surface area contributed by atoms with Gasteiger partial charge in [-0.1, -0.05) is 53.8 Å². The van der Waals surface area contributed by atoms with Crippen LogP contribution < -0.4 is 15.0 Å². The number of aromatic nitrogens is 2. The van der Waals surface area contributed by atoms with Crippen molar-refractivity contribution in [3.05, 3.63) is 70.2 Å². The highest BCUT2D eigenvalue weighted by atomic mass is 32.1. The maximum absolute atomic E-state index is 12.8. The molecule has 3 aromatic rings. The van der Waals surface area contributed by atoms with Crippen LogP contribution in [0.1, 0.15) is 33.2 Å². The summed E-state index contributed by atoms with van der Waals surface area (Å²) in [5, 5.41) is 12.3. The van der Waals surface area contributed by atoms with Crippen LogP contribution in [-0.2, 0) is 10.2 Å². The third-order valence-electron chi connectivity index (χ3n) is 5.67. The van der Waals surface area contributed by atoms with E-state index in [1.54, 1.807) is 13.1 Å². The second kappa shape index (κ2) is 7.21. The predicted molar refractivity (Wildman–Crippen MR) is 113 cm³/mol. The van der Waals surface area contributed by atoms with Gasteiger partial charge in [-0.15, -0.1) is 10.2 Å². The summed E-state index contributed by atoms with van der Waals surface area (Å²) in [5.41, 5.74) is 1.73. The van der Waals surface area contributed by atoms with Crippen molar-refractivity contribution in [1.29, 1.82) is 0 Å². The summed E-state index contributed by atoms with van der Waals surface area (Å²) in [6, 6.07) is 16.7. The average Bonchev–Trinajstić information content (AvgIpc) is 3.47. The lowest BCUT2D eigenvalue weighted by atomic mass is 9.97. The Morgan fingerprint density at radius 2 is 1.87 bits per heavy atom. The number of hydrogen-bond acceptors (Lipinski definition) is 6. The molecule has 1 saturated carbocycles. The van der Waals surface area contributed by atoms with E-state index in [1.165, 1.54) is 21.8 Å². The van der Waals surface area contributed by atoms with Gasteiger partial charge in [-0.2, -0.15) is 0 Å². The maximum atomic E-state index is 12.8. The van der Waals surface area contributed by atoms with Crippen LogP contribution in [-0.4, -0.2) is 41.7 Å². The van der Waals surface area contributed by atoms with Gasteiger partial charge in [0.1, 0.15) is 23.4 Å². The van der Waals surface area contributed by atoms with Crippen molar-refractivity contribution in [2.45, 2.75) is 24.3 Å². The standard InChI is InChI=1S/C22H20N4O3S/c1-26-16-9-5-6-10-17(16)29-13-15(20(26)28)23-18(27)19-24-25-21(30-19)22(11-12-22)14-7-3-2-4-8-14/h2-10,15H,11-13H2,1H3,(H,23,27)/t15-/m0/s1. The zero-order chi connectivity index (χ0) is 20.7. The molecule has 7 nitrogen and oxygen atoms in total. The molecule has 2 aliphatic rings. The lowest BCUT2D eigenvalue weighted by Crippen LogP contribution is -2.49. The van der Waals surface area contributed by atoms with Crippen LogP contribution in [0.15, 0.2) is 54.6 Å². The van der Waals surface area contributed by atoms with E-state index in [-0.39, 0.29) is 22.9 Å². The molecule has 2 aromatic carbocycles. The molecule has 0 radical (unpaired) electrons. The summed E-state index contributed by atoms with van der Waals surface area (Å²) in [6.07, 6.45) is 1.98. The van der Waals surface area contributed by atoms with E-state index in [9.17, 15) is 9.59 Å². The van der Waals surface area contributed by atoms with Crippen LogP contribution in [0.5, 0.6) is 5.75 Å². The van der Waals surface area contributed by atoms with E-state index in [4.69, 9.17) is 4.74 Å². The van der Waals surface area contributed by atoms with Gasteiger partial charge in [-0.3, -0.25) is 9.59 Å². The fraction of sp³-hybridized carbons (Fsp3) is 0.273. The lowest BCUT2D eigenvalue weighted by Gasteiger charge is -2.19. The first-order valence-electron chi connectivity index (χ1n) is 9.78. The monoisotopic (exact) mass is 420 g/mol. The highest BCUT2D eigenvalue weighted by Gasteiger charge is 2.49. The van der Waals surface area contributed by atoms with Gasteiger partial charge in [0.05, 0.1) is 5.69 Å². The number of benzene rings is 2. The first-order valence-corrected chi connectivity index (χ1v) is 10.6. The Morgan fingerprint density at radius 1 is 1.13 bits per heavy atom. The second-order valence-electron chi connectivity index (χ2n) is 7.56. The predicted octanol–water partition coefficient (Wildman–Crippen LogP) is 2.77. The zero-order valence-electron chi connectivity index (χ0n) is 16.4. The van der Waals surface area contributed by atoms with Crippen molar-refractivity contribution in [3.63, 3.8) is 0 Å². The number of para-hydroxylation sites is 2. The molecule has 1 aliphatic carbocycles. The summed E-state index contributed by atoms with van der Waals surface area (Å²) in [7, 11) is 1.68. The van der Waals surface area contributed by atoms with Crippen molar-refractivity contribution < 1.29 is 14.3 Å². The molecule has 1 atom stereocenters. The highest BCUT2D eigenvalue weighted by molar-refractivity contribution is 7.13. The van der Waals surface area contributed by atoms with E-state index in [2.05, 4.69) is 27.6 Å². The summed E-state index contributed by atoms with van der Waals surface area (Å²) in [4.78, 5) is 27.2. The Hall–Kier alpha value is -3.26. The van der Waals surface area contributed by atoms with Crippen LogP contribution >= 0.6 is 11.3 Å². The van der Waals surface area contributed by atoms with Crippen molar-refractivity contribution in [2.24, 2.45) is 0 Å². The van der Waals surface area contributed by atoms with Gasteiger partial charge in [0, 0.05) is 12.5 Å². The summed E-state index contributed by atoms with van der Waals surface area (Å²) >= 11 is 1.29. The van der Waals surface area contributed by atoms with Crippen molar-refractivity contribution in [2.75, 3.05) is 18.6 Å². The van der Waals surface area contributed by atoms with Crippen LogP contribution in [0.25, 0.3) is 0 Å². The van der Waals surface area contributed by atoms with E-state index >= 15 is 0 Å². The molecule has 1 N–H and O–H groups in total. The molecule has 2 amide bonds. The smallest absolute Gasteiger partial charge is 0.283 e. The van der Waals surface area contributed by atoms with Crippen LogP contribution in [0.3, 0.4) is 0 Å². The van der Waals surface area contributed by atoms with Gasteiger partial charge < -0.3 is 15.0 Å². The van der Waals surface area contributed by atoms with E-state index in [1.807, 2.05) is 36.4 Å². The van der Waals surface area contributed by atoms with Crippen LogP contribution in [0.4, 0.5) is 5.69 Å². The fourth-order valence-corrected chi connectivity index (χ4v) is 4.81. The number of nitrogens with zero attached hydrogens (tertiary/aromatic N) is 3. The van der Waals surface area contributed by atoms with Crippen molar-refractivity contribution >= 4 is 28.8 Å². The third kappa shape index (κ3) is 3.13. The number of amides is 2. The third-order valence-corrected chi connectivity index (χ3v) is 6.80. The zero-order valence-corrected chi connectivity index (χ0v) is 17.2. The number of fused-ring (bicyclic) bond motifs is 1. The van der Waals surface area contributed by atoms with Crippen LogP contribution in [0.2, 0.25) is 0 Å². The minimum Gasteiger partial charge on any atom is -0.489 e. The molecule has 5 rings (SSSR count). The molecule has 30 heavy (non-hydrogen) atoms. The molecule has 1 aromatic heterocycles. The minimum absolute atomic E-state index is 0.0611. The second-order valence-corrected chi connectivity index (χ2v) is 8.54. The fourth-order valence-electron chi connectivity index (χ4n) is 3.79.